The van der Waals surface area contributed by atoms with Crippen LogP contribution in [0, 0.1) is 11.8 Å². The summed E-state index contributed by atoms with van der Waals surface area (Å²) in [5.41, 5.74) is 5.59. The summed E-state index contributed by atoms with van der Waals surface area (Å²) >= 11 is 0. The number of pyridine rings is 1. The van der Waals surface area contributed by atoms with Crippen LogP contribution in [-0.4, -0.2) is 37.3 Å². The molecule has 0 bridgehead atoms. The van der Waals surface area contributed by atoms with Crippen molar-refractivity contribution in [2.75, 3.05) is 20.3 Å². The van der Waals surface area contributed by atoms with Gasteiger partial charge in [0.2, 0.25) is 0 Å². The Balaban J connectivity index is 1.27. The zero-order valence-electron chi connectivity index (χ0n) is 17.6. The maximum absolute atomic E-state index is 12.2. The second-order valence-electron chi connectivity index (χ2n) is 7.23. The Labute approximate surface area is 186 Å². The minimum absolute atomic E-state index is 0.0288. The van der Waals surface area contributed by atoms with Crippen LogP contribution in [0.5, 0.6) is 0 Å². The Kier molecular flexibility index (Phi) is 6.47. The molecule has 1 aliphatic rings. The van der Waals surface area contributed by atoms with Gasteiger partial charge in [-0.3, -0.25) is 0 Å². The van der Waals surface area contributed by atoms with E-state index in [1.54, 1.807) is 12.1 Å². The molecule has 0 saturated carbocycles. The van der Waals surface area contributed by atoms with E-state index in [2.05, 4.69) is 51.1 Å². The lowest BCUT2D eigenvalue weighted by Crippen LogP contribution is -2.26. The average Bonchev–Trinajstić information content (AvgIpc) is 3.16. The number of nitrogens with one attached hydrogen (secondary N) is 1. The van der Waals surface area contributed by atoms with Gasteiger partial charge >= 0.3 is 12.1 Å². The molecule has 6 nitrogen and oxygen atoms in total. The van der Waals surface area contributed by atoms with Crippen LogP contribution in [-0.2, 0) is 9.47 Å². The number of carbonyl (C=O) groups excluding carboxylic acids is 2. The van der Waals surface area contributed by atoms with E-state index in [1.807, 2.05) is 24.3 Å². The van der Waals surface area contributed by atoms with Gasteiger partial charge in [0.25, 0.3) is 0 Å². The average molecular weight is 426 g/mol. The number of nitrogens with zero attached hydrogens (tertiary/aromatic N) is 1. The molecule has 0 aliphatic heterocycles. The van der Waals surface area contributed by atoms with Gasteiger partial charge in [0.1, 0.15) is 12.3 Å². The first-order valence-corrected chi connectivity index (χ1v) is 10.3. The molecule has 0 unspecified atom stereocenters. The predicted molar refractivity (Wildman–Crippen MR) is 120 cm³/mol. The number of ether oxygens (including phenoxy) is 2. The van der Waals surface area contributed by atoms with Gasteiger partial charge < -0.3 is 14.8 Å². The van der Waals surface area contributed by atoms with E-state index in [-0.39, 0.29) is 12.5 Å². The number of fused-ring (bicyclic) bond motifs is 3. The second kappa shape index (κ2) is 9.80. The number of benzene rings is 2. The smallest absolute Gasteiger partial charge is 0.407 e. The van der Waals surface area contributed by atoms with Crippen molar-refractivity contribution < 1.29 is 19.1 Å². The highest BCUT2D eigenvalue weighted by Crippen LogP contribution is 2.44. The van der Waals surface area contributed by atoms with Gasteiger partial charge in [0.15, 0.2) is 0 Å². The van der Waals surface area contributed by atoms with Crippen LogP contribution in [0.4, 0.5) is 4.79 Å². The number of esters is 1. The fourth-order valence-corrected chi connectivity index (χ4v) is 3.77. The first-order chi connectivity index (χ1) is 15.7. The summed E-state index contributed by atoms with van der Waals surface area (Å²) in [7, 11) is 1.32. The van der Waals surface area contributed by atoms with E-state index in [9.17, 15) is 9.59 Å². The fraction of sp³-hybridized carbons (Fsp3) is 0.192. The summed E-state index contributed by atoms with van der Waals surface area (Å²) in [6, 6.07) is 19.6. The molecule has 0 saturated heterocycles. The van der Waals surface area contributed by atoms with Crippen molar-refractivity contribution in [3.8, 4) is 23.0 Å². The quantitative estimate of drug-likeness (QED) is 0.377. The monoisotopic (exact) mass is 426 g/mol. The number of aromatic nitrogens is 1. The Bertz CT molecular complexity index is 1160. The van der Waals surface area contributed by atoms with Crippen LogP contribution in [0.2, 0.25) is 0 Å². The Hall–Kier alpha value is -4.11. The van der Waals surface area contributed by atoms with Crippen molar-refractivity contribution in [1.29, 1.82) is 0 Å². The van der Waals surface area contributed by atoms with Crippen LogP contribution in [0.1, 0.15) is 39.5 Å². The largest absolute Gasteiger partial charge is 0.465 e. The third kappa shape index (κ3) is 4.62. The normalized spacial score (nSPS) is 11.5. The summed E-state index contributed by atoms with van der Waals surface area (Å²) < 4.78 is 10.2. The van der Waals surface area contributed by atoms with Crippen LogP contribution in [0.15, 0.2) is 66.9 Å². The molecule has 0 spiro atoms. The number of hydrogen-bond donors (Lipinski definition) is 1. The Morgan fingerprint density at radius 2 is 1.72 bits per heavy atom. The van der Waals surface area contributed by atoms with E-state index in [0.717, 1.165) is 0 Å². The summed E-state index contributed by atoms with van der Waals surface area (Å²) in [6.07, 6.45) is 1.46. The number of carbonyl (C=O) groups is 2. The summed E-state index contributed by atoms with van der Waals surface area (Å²) in [4.78, 5) is 27.8. The molecular formula is C26H22N2O4. The molecular weight excluding hydrogens is 404 g/mol. The zero-order valence-corrected chi connectivity index (χ0v) is 17.6. The van der Waals surface area contributed by atoms with E-state index in [4.69, 9.17) is 4.74 Å². The summed E-state index contributed by atoms with van der Waals surface area (Å²) in [5, 5.41) is 2.72. The van der Waals surface area contributed by atoms with Gasteiger partial charge in [-0.05, 0) is 40.3 Å². The van der Waals surface area contributed by atoms with Gasteiger partial charge in [-0.15, -0.1) is 0 Å². The molecule has 32 heavy (non-hydrogen) atoms. The van der Waals surface area contributed by atoms with Crippen molar-refractivity contribution in [2.24, 2.45) is 0 Å². The highest BCUT2D eigenvalue weighted by Gasteiger charge is 2.28. The van der Waals surface area contributed by atoms with Crippen LogP contribution < -0.4 is 5.32 Å². The highest BCUT2D eigenvalue weighted by molar-refractivity contribution is 5.89. The first kappa shape index (κ1) is 21.1. The molecule has 4 rings (SSSR count). The van der Waals surface area contributed by atoms with Gasteiger partial charge in [-0.1, -0.05) is 54.5 Å². The molecule has 1 aromatic heterocycles. The van der Waals surface area contributed by atoms with Crippen molar-refractivity contribution in [3.63, 3.8) is 0 Å². The second-order valence-corrected chi connectivity index (χ2v) is 7.23. The maximum Gasteiger partial charge on any atom is 0.407 e. The molecule has 6 heteroatoms. The molecule has 2 aromatic carbocycles. The molecule has 1 N–H and O–H groups in total. The van der Waals surface area contributed by atoms with E-state index in [1.165, 1.54) is 35.6 Å². The number of methoxy groups -OCH3 is 1. The molecule has 3 aromatic rings. The van der Waals surface area contributed by atoms with Crippen LogP contribution in [0.25, 0.3) is 11.1 Å². The molecule has 0 fully saturated rings. The number of hydrogen-bond acceptors (Lipinski definition) is 5. The minimum atomic E-state index is -0.473. The van der Waals surface area contributed by atoms with Gasteiger partial charge in [-0.2, -0.15) is 0 Å². The van der Waals surface area contributed by atoms with Crippen molar-refractivity contribution >= 4 is 12.1 Å². The third-order valence-corrected chi connectivity index (χ3v) is 5.26. The van der Waals surface area contributed by atoms with Crippen molar-refractivity contribution in [1.82, 2.24) is 10.3 Å². The molecule has 160 valence electrons. The topological polar surface area (TPSA) is 77.5 Å². The lowest BCUT2D eigenvalue weighted by atomic mass is 9.98. The molecule has 0 atom stereocenters. The van der Waals surface area contributed by atoms with Crippen LogP contribution >= 0.6 is 0 Å². The standard InChI is InChI=1S/C26H22N2O4/c1-31-25(29)18-13-15-27-19(16-18)8-6-7-14-28-26(30)32-17-24-22-11-4-2-9-20(22)21-10-3-5-12-23(21)24/h2-5,9-13,15-16,24H,7,14,17H2,1H3,(H,28,30). The SMILES string of the molecule is COC(=O)c1ccnc(C#CCCNC(=O)OCC2c3ccccc3-c3ccccc32)c1. The van der Waals surface area contributed by atoms with E-state index in [0.29, 0.717) is 24.2 Å². The first-order valence-electron chi connectivity index (χ1n) is 10.3. The maximum atomic E-state index is 12.2. The zero-order chi connectivity index (χ0) is 22.3. The molecule has 1 amide bonds. The predicted octanol–water partition coefficient (Wildman–Crippen LogP) is 4.15. The fourth-order valence-electron chi connectivity index (χ4n) is 3.77. The van der Waals surface area contributed by atoms with E-state index >= 15 is 0 Å². The van der Waals surface area contributed by atoms with Crippen molar-refractivity contribution in [2.45, 2.75) is 12.3 Å². The number of amides is 1. The third-order valence-electron chi connectivity index (χ3n) is 5.26. The number of rotatable bonds is 5. The van der Waals surface area contributed by atoms with Gasteiger partial charge in [0, 0.05) is 25.1 Å². The minimum Gasteiger partial charge on any atom is -0.465 e. The Morgan fingerprint density at radius 1 is 1.03 bits per heavy atom. The summed E-state index contributed by atoms with van der Waals surface area (Å²) in [6.45, 7) is 0.621. The molecule has 1 aliphatic carbocycles. The Morgan fingerprint density at radius 3 is 2.41 bits per heavy atom. The number of alkyl carbamates (subject to hydrolysis) is 1. The lowest BCUT2D eigenvalue weighted by Gasteiger charge is -2.14. The molecule has 0 radical (unpaired) electrons. The van der Waals surface area contributed by atoms with Crippen LogP contribution in [0.3, 0.4) is 0 Å². The van der Waals surface area contributed by atoms with Gasteiger partial charge in [-0.25, -0.2) is 14.6 Å². The lowest BCUT2D eigenvalue weighted by molar-refractivity contribution is 0.0600. The molecule has 1 heterocycles. The van der Waals surface area contributed by atoms with Crippen molar-refractivity contribution in [3.05, 3.63) is 89.2 Å². The highest BCUT2D eigenvalue weighted by atomic mass is 16.5. The van der Waals surface area contributed by atoms with Gasteiger partial charge in [0.05, 0.1) is 12.7 Å². The van der Waals surface area contributed by atoms with E-state index < -0.39 is 12.1 Å². The summed E-state index contributed by atoms with van der Waals surface area (Å²) in [5.74, 6) is 5.40.